The van der Waals surface area contributed by atoms with E-state index < -0.39 is 0 Å². The zero-order chi connectivity index (χ0) is 9.10. The summed E-state index contributed by atoms with van der Waals surface area (Å²) in [6, 6.07) is 3.25. The Morgan fingerprint density at radius 3 is 2.62 bits per heavy atom. The molecule has 1 N–H and O–H groups in total. The Morgan fingerprint density at radius 2 is 1.92 bits per heavy atom. The molecule has 0 fully saturated rings. The van der Waals surface area contributed by atoms with E-state index in [2.05, 4.69) is 15.0 Å². The Labute approximate surface area is 74.9 Å². The molecular formula is C9H7N3O. The predicted octanol–water partition coefficient (Wildman–Crippen LogP) is 1.24. The smallest absolute Gasteiger partial charge is 0.141 e. The van der Waals surface area contributed by atoms with E-state index in [0.717, 1.165) is 0 Å². The lowest BCUT2D eigenvalue weighted by molar-refractivity contribution is 0.475. The van der Waals surface area contributed by atoms with Crippen LogP contribution in [0.1, 0.15) is 0 Å². The number of pyridine rings is 1. The minimum absolute atomic E-state index is 0.136. The Hall–Kier alpha value is -1.97. The molecule has 0 saturated heterocycles. The van der Waals surface area contributed by atoms with Gasteiger partial charge in [-0.05, 0) is 12.1 Å². The first-order valence-electron chi connectivity index (χ1n) is 3.77. The molecule has 0 radical (unpaired) electrons. The molecule has 4 nitrogen and oxygen atoms in total. The zero-order valence-electron chi connectivity index (χ0n) is 6.75. The molecule has 0 unspecified atom stereocenters. The number of aromatic hydroxyl groups is 1. The lowest BCUT2D eigenvalue weighted by Gasteiger charge is -2.00. The van der Waals surface area contributed by atoms with Crippen molar-refractivity contribution >= 4 is 0 Å². The van der Waals surface area contributed by atoms with Gasteiger partial charge < -0.3 is 5.11 Å². The Balaban J connectivity index is 2.54. The van der Waals surface area contributed by atoms with Crippen LogP contribution in [0.15, 0.2) is 37.1 Å². The summed E-state index contributed by atoms with van der Waals surface area (Å²) in [6.07, 6.45) is 6.26. The third kappa shape index (κ3) is 1.46. The van der Waals surface area contributed by atoms with Crippen molar-refractivity contribution in [1.82, 2.24) is 15.0 Å². The topological polar surface area (TPSA) is 58.9 Å². The second kappa shape index (κ2) is 3.18. The Kier molecular flexibility index (Phi) is 1.88. The fourth-order valence-corrected chi connectivity index (χ4v) is 1.04. The van der Waals surface area contributed by atoms with Crippen LogP contribution < -0.4 is 0 Å². The van der Waals surface area contributed by atoms with Gasteiger partial charge in [-0.1, -0.05) is 0 Å². The first-order chi connectivity index (χ1) is 6.38. The minimum atomic E-state index is 0.136. The van der Waals surface area contributed by atoms with Crippen LogP contribution in [0, 0.1) is 0 Å². The van der Waals surface area contributed by atoms with Gasteiger partial charge in [-0.15, -0.1) is 0 Å². The molecule has 2 aromatic rings. The number of hydrogen-bond acceptors (Lipinski definition) is 4. The van der Waals surface area contributed by atoms with Crippen molar-refractivity contribution in [1.29, 1.82) is 0 Å². The van der Waals surface area contributed by atoms with Gasteiger partial charge in [-0.2, -0.15) is 0 Å². The van der Waals surface area contributed by atoms with Crippen molar-refractivity contribution in [3.05, 3.63) is 37.1 Å². The standard InChI is InChI=1S/C9H7N3O/c13-8-2-1-3-12-9(8)7-4-10-6-11-5-7/h1-6,13H. The van der Waals surface area contributed by atoms with E-state index >= 15 is 0 Å². The highest BCUT2D eigenvalue weighted by molar-refractivity contribution is 5.63. The highest BCUT2D eigenvalue weighted by atomic mass is 16.3. The highest BCUT2D eigenvalue weighted by Gasteiger charge is 2.03. The molecule has 0 bridgehead atoms. The first-order valence-corrected chi connectivity index (χ1v) is 3.77. The molecule has 0 saturated carbocycles. The molecule has 0 aliphatic carbocycles. The molecule has 2 heterocycles. The summed E-state index contributed by atoms with van der Waals surface area (Å²) in [7, 11) is 0. The van der Waals surface area contributed by atoms with Crippen LogP contribution in [0.5, 0.6) is 5.75 Å². The minimum Gasteiger partial charge on any atom is -0.506 e. The third-order valence-electron chi connectivity index (χ3n) is 1.62. The monoisotopic (exact) mass is 173 g/mol. The second-order valence-corrected chi connectivity index (χ2v) is 2.50. The second-order valence-electron chi connectivity index (χ2n) is 2.50. The van der Waals surface area contributed by atoms with E-state index in [-0.39, 0.29) is 5.75 Å². The molecule has 2 rings (SSSR count). The average Bonchev–Trinajstić information content (AvgIpc) is 2.20. The van der Waals surface area contributed by atoms with Crippen LogP contribution in [0.4, 0.5) is 0 Å². The fourth-order valence-electron chi connectivity index (χ4n) is 1.04. The van der Waals surface area contributed by atoms with Crippen molar-refractivity contribution in [2.45, 2.75) is 0 Å². The summed E-state index contributed by atoms with van der Waals surface area (Å²) in [4.78, 5) is 11.7. The van der Waals surface area contributed by atoms with E-state index in [4.69, 9.17) is 0 Å². The maximum Gasteiger partial charge on any atom is 0.141 e. The maximum absolute atomic E-state index is 9.45. The zero-order valence-corrected chi connectivity index (χ0v) is 6.75. The van der Waals surface area contributed by atoms with Gasteiger partial charge in [0.2, 0.25) is 0 Å². The molecule has 0 atom stereocenters. The molecule has 0 spiro atoms. The van der Waals surface area contributed by atoms with E-state index in [1.807, 2.05) is 0 Å². The number of rotatable bonds is 1. The molecule has 0 aliphatic rings. The highest BCUT2D eigenvalue weighted by Crippen LogP contribution is 2.23. The quantitative estimate of drug-likeness (QED) is 0.704. The van der Waals surface area contributed by atoms with Crippen molar-refractivity contribution < 1.29 is 5.11 Å². The van der Waals surface area contributed by atoms with Crippen LogP contribution in [-0.4, -0.2) is 20.1 Å². The van der Waals surface area contributed by atoms with Crippen molar-refractivity contribution in [2.75, 3.05) is 0 Å². The van der Waals surface area contributed by atoms with Crippen LogP contribution in [-0.2, 0) is 0 Å². The molecule has 0 amide bonds. The Morgan fingerprint density at radius 1 is 1.15 bits per heavy atom. The third-order valence-corrected chi connectivity index (χ3v) is 1.62. The van der Waals surface area contributed by atoms with E-state index in [0.29, 0.717) is 11.3 Å². The largest absolute Gasteiger partial charge is 0.506 e. The van der Waals surface area contributed by atoms with Gasteiger partial charge in [0.15, 0.2) is 0 Å². The van der Waals surface area contributed by atoms with Crippen LogP contribution in [0.3, 0.4) is 0 Å². The van der Waals surface area contributed by atoms with Gasteiger partial charge in [0, 0.05) is 24.2 Å². The summed E-state index contributed by atoms with van der Waals surface area (Å²) in [5, 5.41) is 9.45. The summed E-state index contributed by atoms with van der Waals surface area (Å²) >= 11 is 0. The van der Waals surface area contributed by atoms with E-state index in [9.17, 15) is 5.11 Å². The first kappa shape index (κ1) is 7.67. The molecule has 2 aromatic heterocycles. The van der Waals surface area contributed by atoms with Gasteiger partial charge in [-0.25, -0.2) is 9.97 Å². The number of hydrogen-bond donors (Lipinski definition) is 1. The molecule has 13 heavy (non-hydrogen) atoms. The van der Waals surface area contributed by atoms with E-state index in [1.165, 1.54) is 6.33 Å². The lowest BCUT2D eigenvalue weighted by atomic mass is 10.2. The number of nitrogens with zero attached hydrogens (tertiary/aromatic N) is 3. The molecule has 64 valence electrons. The van der Waals surface area contributed by atoms with Crippen LogP contribution >= 0.6 is 0 Å². The van der Waals surface area contributed by atoms with E-state index in [1.54, 1.807) is 30.7 Å². The van der Waals surface area contributed by atoms with Crippen LogP contribution in [0.25, 0.3) is 11.3 Å². The molecule has 4 heteroatoms. The van der Waals surface area contributed by atoms with Crippen molar-refractivity contribution in [3.63, 3.8) is 0 Å². The lowest BCUT2D eigenvalue weighted by Crippen LogP contribution is -1.85. The average molecular weight is 173 g/mol. The van der Waals surface area contributed by atoms with Gasteiger partial charge >= 0.3 is 0 Å². The molecule has 0 aliphatic heterocycles. The summed E-state index contributed by atoms with van der Waals surface area (Å²) in [6.45, 7) is 0. The van der Waals surface area contributed by atoms with Gasteiger partial charge in [0.1, 0.15) is 17.8 Å². The maximum atomic E-state index is 9.45. The van der Waals surface area contributed by atoms with Crippen LogP contribution in [0.2, 0.25) is 0 Å². The summed E-state index contributed by atoms with van der Waals surface area (Å²) in [5.74, 6) is 0.136. The van der Waals surface area contributed by atoms with Gasteiger partial charge in [-0.3, -0.25) is 4.98 Å². The predicted molar refractivity (Wildman–Crippen MR) is 46.9 cm³/mol. The van der Waals surface area contributed by atoms with Crippen molar-refractivity contribution in [2.24, 2.45) is 0 Å². The van der Waals surface area contributed by atoms with Gasteiger partial charge in [0.25, 0.3) is 0 Å². The van der Waals surface area contributed by atoms with Gasteiger partial charge in [0.05, 0.1) is 0 Å². The summed E-state index contributed by atoms with van der Waals surface area (Å²) in [5.41, 5.74) is 1.21. The Bertz CT molecular complexity index is 403. The summed E-state index contributed by atoms with van der Waals surface area (Å²) < 4.78 is 0. The van der Waals surface area contributed by atoms with Crippen molar-refractivity contribution in [3.8, 4) is 17.0 Å². The molecule has 0 aromatic carbocycles. The molecular weight excluding hydrogens is 166 g/mol. The number of aromatic nitrogens is 3. The normalized spacial score (nSPS) is 9.85. The fraction of sp³-hybridized carbons (Fsp3) is 0. The SMILES string of the molecule is Oc1cccnc1-c1cncnc1.